The third-order valence-corrected chi connectivity index (χ3v) is 5.82. The van der Waals surface area contributed by atoms with Crippen LogP contribution in [0.1, 0.15) is 24.0 Å². The molecule has 1 aromatic heterocycles. The molecule has 4 rings (SSSR count). The predicted octanol–water partition coefficient (Wildman–Crippen LogP) is 4.41. The zero-order valence-corrected chi connectivity index (χ0v) is 20.2. The number of nitrogens with zero attached hydrogens (tertiary/aromatic N) is 2. The lowest BCUT2D eigenvalue weighted by atomic mass is 9.89. The van der Waals surface area contributed by atoms with E-state index in [1.54, 1.807) is 6.26 Å². The Labute approximate surface area is 214 Å². The number of carboxylic acids is 2. The first-order chi connectivity index (χ1) is 17.7. The van der Waals surface area contributed by atoms with E-state index in [2.05, 4.69) is 46.2 Å². The van der Waals surface area contributed by atoms with Crippen LogP contribution in [0.15, 0.2) is 53.3 Å². The van der Waals surface area contributed by atoms with E-state index in [0.29, 0.717) is 0 Å². The third kappa shape index (κ3) is 10.7. The molecule has 38 heavy (non-hydrogen) atoms. The molecule has 1 spiro atoms. The van der Waals surface area contributed by atoms with Gasteiger partial charge in [0, 0.05) is 44.8 Å². The Morgan fingerprint density at radius 3 is 1.82 bits per heavy atom. The van der Waals surface area contributed by atoms with Crippen molar-refractivity contribution in [2.45, 2.75) is 43.9 Å². The molecule has 212 valence electrons. The fourth-order valence-electron chi connectivity index (χ4n) is 3.96. The lowest BCUT2D eigenvalue weighted by Gasteiger charge is -2.47. The van der Waals surface area contributed by atoms with Gasteiger partial charge in [-0.1, -0.05) is 30.3 Å². The predicted molar refractivity (Wildman–Crippen MR) is 121 cm³/mol. The smallest absolute Gasteiger partial charge is 0.475 e. The van der Waals surface area contributed by atoms with Crippen molar-refractivity contribution in [1.82, 2.24) is 9.80 Å². The highest BCUT2D eigenvalue weighted by Gasteiger charge is 2.40. The number of morpholine rings is 1. The summed E-state index contributed by atoms with van der Waals surface area (Å²) in [7, 11) is 0. The van der Waals surface area contributed by atoms with Gasteiger partial charge < -0.3 is 19.4 Å². The van der Waals surface area contributed by atoms with Crippen LogP contribution in [0.5, 0.6) is 0 Å². The van der Waals surface area contributed by atoms with Gasteiger partial charge in [0.25, 0.3) is 0 Å². The lowest BCUT2D eigenvalue weighted by Crippen LogP contribution is -2.56. The van der Waals surface area contributed by atoms with E-state index >= 15 is 0 Å². The van der Waals surface area contributed by atoms with Crippen molar-refractivity contribution < 1.29 is 55.3 Å². The first kappa shape index (κ1) is 31.1. The van der Waals surface area contributed by atoms with Crippen LogP contribution < -0.4 is 0 Å². The van der Waals surface area contributed by atoms with Gasteiger partial charge in [-0.15, -0.1) is 0 Å². The SMILES string of the molecule is O=C(O)C(F)(F)F.O=C(O)C(F)(F)F.c1ccc(CN2CCOC3(CCN(Cc4ccoc4)CC3)C2)cc1. The first-order valence-electron chi connectivity index (χ1n) is 11.4. The number of alkyl halides is 6. The summed E-state index contributed by atoms with van der Waals surface area (Å²) in [4.78, 5) is 22.9. The molecule has 1 aromatic carbocycles. The number of rotatable bonds is 4. The number of hydrogen-bond acceptors (Lipinski definition) is 6. The number of ether oxygens (including phenoxy) is 1. The number of benzene rings is 1. The molecular formula is C24H28F6N2O6. The van der Waals surface area contributed by atoms with Gasteiger partial charge in [0.05, 0.1) is 24.7 Å². The van der Waals surface area contributed by atoms with Crippen LogP contribution in [-0.2, 0) is 27.4 Å². The maximum atomic E-state index is 10.6. The Bertz CT molecular complexity index is 966. The second-order valence-corrected chi connectivity index (χ2v) is 8.74. The Kier molecular flexibility index (Phi) is 11.2. The largest absolute Gasteiger partial charge is 0.490 e. The maximum Gasteiger partial charge on any atom is 0.490 e. The van der Waals surface area contributed by atoms with Crippen molar-refractivity contribution >= 4 is 11.9 Å². The van der Waals surface area contributed by atoms with Gasteiger partial charge in [-0.05, 0) is 24.5 Å². The van der Waals surface area contributed by atoms with Gasteiger partial charge in [-0.3, -0.25) is 9.80 Å². The molecule has 2 saturated heterocycles. The highest BCUT2D eigenvalue weighted by molar-refractivity contribution is 5.73. The van der Waals surface area contributed by atoms with Crippen LogP contribution in [0, 0.1) is 0 Å². The standard InChI is InChI=1S/C20H26N2O2.2C2HF3O2/c1-2-4-18(5-3-1)14-22-11-13-24-20(17-22)7-9-21(10-8-20)15-19-6-12-23-16-19;2*3-2(4,5)1(6)7/h1-6,12,16H,7-11,13-15,17H2;2*(H,6,7). The van der Waals surface area contributed by atoms with Crippen LogP contribution in [0.3, 0.4) is 0 Å². The van der Waals surface area contributed by atoms with Crippen molar-refractivity contribution in [2.75, 3.05) is 32.8 Å². The Hall–Kier alpha value is -3.10. The van der Waals surface area contributed by atoms with Crippen molar-refractivity contribution in [3.8, 4) is 0 Å². The topological polar surface area (TPSA) is 103 Å². The molecule has 2 fully saturated rings. The quantitative estimate of drug-likeness (QED) is 0.536. The van der Waals surface area contributed by atoms with Gasteiger partial charge in [-0.2, -0.15) is 26.3 Å². The minimum absolute atomic E-state index is 0.0555. The number of furan rings is 1. The zero-order chi connectivity index (χ0) is 28.4. The second-order valence-electron chi connectivity index (χ2n) is 8.74. The van der Waals surface area contributed by atoms with Crippen molar-refractivity contribution in [2.24, 2.45) is 0 Å². The van der Waals surface area contributed by atoms with Crippen LogP contribution in [0.25, 0.3) is 0 Å². The maximum absolute atomic E-state index is 10.6. The van der Waals surface area contributed by atoms with Crippen molar-refractivity contribution in [3.63, 3.8) is 0 Å². The average Bonchev–Trinajstić information content (AvgIpc) is 3.34. The van der Waals surface area contributed by atoms with Crippen molar-refractivity contribution in [1.29, 1.82) is 0 Å². The summed E-state index contributed by atoms with van der Waals surface area (Å²) in [6, 6.07) is 12.8. The summed E-state index contributed by atoms with van der Waals surface area (Å²) in [6.07, 6.45) is -4.32. The minimum atomic E-state index is -5.08. The van der Waals surface area contributed by atoms with Crippen LogP contribution in [-0.4, -0.2) is 82.7 Å². The molecule has 0 radical (unpaired) electrons. The monoisotopic (exact) mass is 554 g/mol. The number of likely N-dealkylation sites (tertiary alicyclic amines) is 1. The van der Waals surface area contributed by atoms with Gasteiger partial charge in [0.1, 0.15) is 0 Å². The zero-order valence-electron chi connectivity index (χ0n) is 20.2. The van der Waals surface area contributed by atoms with Crippen LogP contribution >= 0.6 is 0 Å². The molecule has 0 bridgehead atoms. The van der Waals surface area contributed by atoms with Gasteiger partial charge in [0.2, 0.25) is 0 Å². The normalized spacial score (nSPS) is 18.1. The molecule has 0 saturated carbocycles. The van der Waals surface area contributed by atoms with E-state index in [4.69, 9.17) is 29.0 Å². The molecule has 14 heteroatoms. The summed E-state index contributed by atoms with van der Waals surface area (Å²) in [5, 5.41) is 14.2. The molecule has 2 aromatic rings. The molecule has 0 atom stereocenters. The number of piperidine rings is 1. The number of halogens is 6. The molecule has 0 unspecified atom stereocenters. The lowest BCUT2D eigenvalue weighted by molar-refractivity contribution is -0.193. The summed E-state index contributed by atoms with van der Waals surface area (Å²) in [5.41, 5.74) is 2.72. The summed E-state index contributed by atoms with van der Waals surface area (Å²) >= 11 is 0. The number of carbonyl (C=O) groups is 2. The van der Waals surface area contributed by atoms with E-state index < -0.39 is 24.3 Å². The Morgan fingerprint density at radius 2 is 1.34 bits per heavy atom. The van der Waals surface area contributed by atoms with Crippen molar-refractivity contribution in [3.05, 3.63) is 60.1 Å². The fraction of sp³-hybridized carbons (Fsp3) is 0.500. The summed E-state index contributed by atoms with van der Waals surface area (Å²) in [6.45, 7) is 7.17. The molecule has 0 aliphatic carbocycles. The van der Waals surface area contributed by atoms with Gasteiger partial charge in [-0.25, -0.2) is 9.59 Å². The molecule has 8 nitrogen and oxygen atoms in total. The second kappa shape index (κ2) is 13.6. The van der Waals surface area contributed by atoms with Crippen LogP contribution in [0.2, 0.25) is 0 Å². The first-order valence-corrected chi connectivity index (χ1v) is 11.4. The number of hydrogen-bond donors (Lipinski definition) is 2. The number of carboxylic acid groups (broad SMARTS) is 2. The average molecular weight is 554 g/mol. The molecule has 3 heterocycles. The van der Waals surface area contributed by atoms with E-state index in [1.165, 1.54) is 11.1 Å². The summed E-state index contributed by atoms with van der Waals surface area (Å²) < 4.78 is 74.9. The van der Waals surface area contributed by atoms with E-state index in [0.717, 1.165) is 58.7 Å². The highest BCUT2D eigenvalue weighted by atomic mass is 19.4. The Morgan fingerprint density at radius 1 is 0.816 bits per heavy atom. The van der Waals surface area contributed by atoms with E-state index in [9.17, 15) is 26.3 Å². The molecule has 2 aliphatic rings. The minimum Gasteiger partial charge on any atom is -0.475 e. The van der Waals surface area contributed by atoms with E-state index in [-0.39, 0.29) is 5.60 Å². The Balaban J connectivity index is 0.000000301. The highest BCUT2D eigenvalue weighted by Crippen LogP contribution is 2.31. The van der Waals surface area contributed by atoms with Gasteiger partial charge >= 0.3 is 24.3 Å². The molecular weight excluding hydrogens is 526 g/mol. The van der Waals surface area contributed by atoms with Gasteiger partial charge in [0.15, 0.2) is 0 Å². The molecule has 2 aliphatic heterocycles. The summed E-state index contributed by atoms with van der Waals surface area (Å²) in [5.74, 6) is -5.51. The van der Waals surface area contributed by atoms with E-state index in [1.807, 2.05) is 6.26 Å². The number of aliphatic carboxylic acids is 2. The fourth-order valence-corrected chi connectivity index (χ4v) is 3.96. The van der Waals surface area contributed by atoms with Crippen LogP contribution in [0.4, 0.5) is 26.3 Å². The third-order valence-electron chi connectivity index (χ3n) is 5.82. The molecule has 0 amide bonds. The molecule has 2 N–H and O–H groups in total.